The lowest BCUT2D eigenvalue weighted by Gasteiger charge is -2.41. The molecule has 1 heterocycles. The second-order valence-electron chi connectivity index (χ2n) is 4.39. The Morgan fingerprint density at radius 1 is 1.53 bits per heavy atom. The quantitative estimate of drug-likeness (QED) is 0.791. The van der Waals surface area contributed by atoms with Gasteiger partial charge in [-0.25, -0.2) is 9.97 Å². The molecule has 0 aliphatic heterocycles. The average molecular weight is 206 g/mol. The molecule has 3 N–H and O–H groups in total. The van der Waals surface area contributed by atoms with Crippen molar-refractivity contribution >= 4 is 11.5 Å². The van der Waals surface area contributed by atoms with Crippen molar-refractivity contribution in [3.63, 3.8) is 0 Å². The van der Waals surface area contributed by atoms with Crippen LogP contribution >= 0.6 is 0 Å². The standard InChI is InChI=1S/C11H18N4/c1-2-11(4-3-5-11)7-14-10-9(12)6-13-8-15-10/h6,8H,2-5,7,12H2,1H3,(H,13,14,15). The summed E-state index contributed by atoms with van der Waals surface area (Å²) in [5.41, 5.74) is 6.87. The summed E-state index contributed by atoms with van der Waals surface area (Å²) in [7, 11) is 0. The molecule has 0 aromatic carbocycles. The number of anilines is 2. The molecule has 15 heavy (non-hydrogen) atoms. The van der Waals surface area contributed by atoms with Gasteiger partial charge in [0.05, 0.1) is 11.9 Å². The Kier molecular flexibility index (Phi) is 2.75. The number of nitrogens with two attached hydrogens (primary N) is 1. The zero-order chi connectivity index (χ0) is 10.7. The molecule has 1 fully saturated rings. The van der Waals surface area contributed by atoms with Gasteiger partial charge < -0.3 is 11.1 Å². The molecule has 0 unspecified atom stereocenters. The summed E-state index contributed by atoms with van der Waals surface area (Å²) in [6.07, 6.45) is 8.38. The maximum Gasteiger partial charge on any atom is 0.152 e. The highest BCUT2D eigenvalue weighted by atomic mass is 15.0. The predicted octanol–water partition coefficient (Wildman–Crippen LogP) is 2.05. The van der Waals surface area contributed by atoms with Crippen LogP contribution < -0.4 is 11.1 Å². The Morgan fingerprint density at radius 3 is 2.87 bits per heavy atom. The molecule has 2 rings (SSSR count). The molecule has 82 valence electrons. The van der Waals surface area contributed by atoms with Crippen molar-refractivity contribution in [2.75, 3.05) is 17.6 Å². The monoisotopic (exact) mass is 206 g/mol. The summed E-state index contributed by atoms with van der Waals surface area (Å²) < 4.78 is 0. The summed E-state index contributed by atoms with van der Waals surface area (Å²) in [6, 6.07) is 0. The Labute approximate surface area is 90.3 Å². The third-order valence-electron chi connectivity index (χ3n) is 3.54. The van der Waals surface area contributed by atoms with Crippen molar-refractivity contribution in [2.45, 2.75) is 32.6 Å². The zero-order valence-corrected chi connectivity index (χ0v) is 9.16. The molecule has 0 spiro atoms. The smallest absolute Gasteiger partial charge is 0.152 e. The van der Waals surface area contributed by atoms with Crippen LogP contribution in [0.25, 0.3) is 0 Å². The summed E-state index contributed by atoms with van der Waals surface area (Å²) >= 11 is 0. The fourth-order valence-corrected chi connectivity index (χ4v) is 2.09. The van der Waals surface area contributed by atoms with E-state index in [-0.39, 0.29) is 0 Å². The van der Waals surface area contributed by atoms with E-state index >= 15 is 0 Å². The van der Waals surface area contributed by atoms with Gasteiger partial charge in [0.15, 0.2) is 5.82 Å². The van der Waals surface area contributed by atoms with Crippen LogP contribution in [0.4, 0.5) is 11.5 Å². The predicted molar refractivity (Wildman–Crippen MR) is 61.5 cm³/mol. The lowest BCUT2D eigenvalue weighted by Crippen LogP contribution is -2.36. The normalized spacial score (nSPS) is 18.2. The maximum atomic E-state index is 5.76. The molecule has 0 bridgehead atoms. The minimum absolute atomic E-state index is 0.484. The number of hydrogen-bond acceptors (Lipinski definition) is 4. The first-order valence-electron chi connectivity index (χ1n) is 5.55. The number of nitrogens with zero attached hydrogens (tertiary/aromatic N) is 2. The van der Waals surface area contributed by atoms with Gasteiger partial charge in [-0.3, -0.25) is 0 Å². The number of nitrogens with one attached hydrogen (secondary N) is 1. The second-order valence-corrected chi connectivity index (χ2v) is 4.39. The zero-order valence-electron chi connectivity index (χ0n) is 9.16. The molecular weight excluding hydrogens is 188 g/mol. The van der Waals surface area contributed by atoms with Gasteiger partial charge in [-0.15, -0.1) is 0 Å². The minimum Gasteiger partial charge on any atom is -0.394 e. The third kappa shape index (κ3) is 2.03. The maximum absolute atomic E-state index is 5.76. The summed E-state index contributed by atoms with van der Waals surface area (Å²) in [4.78, 5) is 7.99. The Morgan fingerprint density at radius 2 is 2.33 bits per heavy atom. The Bertz CT molecular complexity index is 328. The molecular formula is C11H18N4. The molecule has 4 heteroatoms. The van der Waals surface area contributed by atoms with E-state index in [1.54, 1.807) is 6.20 Å². The van der Waals surface area contributed by atoms with Gasteiger partial charge in [0.25, 0.3) is 0 Å². The molecule has 1 aliphatic carbocycles. The second kappa shape index (κ2) is 4.04. The molecule has 1 aromatic rings. The first kappa shape index (κ1) is 10.2. The van der Waals surface area contributed by atoms with Crippen LogP contribution in [0.3, 0.4) is 0 Å². The van der Waals surface area contributed by atoms with Crippen molar-refractivity contribution in [3.8, 4) is 0 Å². The van der Waals surface area contributed by atoms with E-state index in [1.807, 2.05) is 0 Å². The van der Waals surface area contributed by atoms with Crippen LogP contribution in [0.15, 0.2) is 12.5 Å². The van der Waals surface area contributed by atoms with E-state index in [9.17, 15) is 0 Å². The average Bonchev–Trinajstić information content (AvgIpc) is 2.19. The first-order valence-corrected chi connectivity index (χ1v) is 5.55. The van der Waals surface area contributed by atoms with Crippen LogP contribution in [0.1, 0.15) is 32.6 Å². The van der Waals surface area contributed by atoms with E-state index in [0.29, 0.717) is 11.1 Å². The number of aromatic nitrogens is 2. The van der Waals surface area contributed by atoms with E-state index in [0.717, 1.165) is 12.4 Å². The van der Waals surface area contributed by atoms with Gasteiger partial charge in [-0.05, 0) is 24.7 Å². The number of hydrogen-bond donors (Lipinski definition) is 2. The van der Waals surface area contributed by atoms with E-state index in [1.165, 1.54) is 32.0 Å². The summed E-state index contributed by atoms with van der Waals surface area (Å²) in [5.74, 6) is 0.768. The van der Waals surface area contributed by atoms with Gasteiger partial charge in [0.1, 0.15) is 6.33 Å². The number of nitrogen functional groups attached to an aromatic ring is 1. The third-order valence-corrected chi connectivity index (χ3v) is 3.54. The van der Waals surface area contributed by atoms with Crippen molar-refractivity contribution in [3.05, 3.63) is 12.5 Å². The van der Waals surface area contributed by atoms with Crippen LogP contribution in [-0.4, -0.2) is 16.5 Å². The molecule has 1 aliphatic rings. The van der Waals surface area contributed by atoms with Gasteiger partial charge in [-0.1, -0.05) is 13.3 Å². The molecule has 4 nitrogen and oxygen atoms in total. The SMILES string of the molecule is CCC1(CNc2ncncc2N)CCC1. The van der Waals surface area contributed by atoms with Crippen molar-refractivity contribution in [1.29, 1.82) is 0 Å². The van der Waals surface area contributed by atoms with Crippen LogP contribution in [0.5, 0.6) is 0 Å². The fourth-order valence-electron chi connectivity index (χ4n) is 2.09. The largest absolute Gasteiger partial charge is 0.394 e. The first-order chi connectivity index (χ1) is 7.26. The minimum atomic E-state index is 0.484. The van der Waals surface area contributed by atoms with Crippen molar-refractivity contribution < 1.29 is 0 Å². The highest BCUT2D eigenvalue weighted by Crippen LogP contribution is 2.43. The van der Waals surface area contributed by atoms with Gasteiger partial charge >= 0.3 is 0 Å². The van der Waals surface area contributed by atoms with Crippen LogP contribution in [-0.2, 0) is 0 Å². The van der Waals surface area contributed by atoms with E-state index in [4.69, 9.17) is 5.73 Å². The van der Waals surface area contributed by atoms with Gasteiger partial charge in [0.2, 0.25) is 0 Å². The van der Waals surface area contributed by atoms with Crippen LogP contribution in [0, 0.1) is 5.41 Å². The summed E-state index contributed by atoms with van der Waals surface area (Å²) in [5, 5.41) is 3.33. The fraction of sp³-hybridized carbons (Fsp3) is 0.636. The lowest BCUT2D eigenvalue weighted by molar-refractivity contribution is 0.145. The number of rotatable bonds is 4. The Balaban J connectivity index is 1.95. The molecule has 0 saturated heterocycles. The van der Waals surface area contributed by atoms with Gasteiger partial charge in [0, 0.05) is 6.54 Å². The van der Waals surface area contributed by atoms with Crippen molar-refractivity contribution in [2.24, 2.45) is 5.41 Å². The molecule has 0 amide bonds. The molecule has 0 atom stereocenters. The van der Waals surface area contributed by atoms with Crippen molar-refractivity contribution in [1.82, 2.24) is 9.97 Å². The van der Waals surface area contributed by atoms with Gasteiger partial charge in [-0.2, -0.15) is 0 Å². The Hall–Kier alpha value is -1.32. The highest BCUT2D eigenvalue weighted by molar-refractivity contribution is 5.58. The highest BCUT2D eigenvalue weighted by Gasteiger charge is 2.34. The summed E-state index contributed by atoms with van der Waals surface area (Å²) in [6.45, 7) is 3.23. The van der Waals surface area contributed by atoms with E-state index in [2.05, 4.69) is 22.2 Å². The topological polar surface area (TPSA) is 63.8 Å². The van der Waals surface area contributed by atoms with Crippen LogP contribution in [0.2, 0.25) is 0 Å². The molecule has 1 aromatic heterocycles. The van der Waals surface area contributed by atoms with E-state index < -0.39 is 0 Å². The molecule has 1 saturated carbocycles. The lowest BCUT2D eigenvalue weighted by atomic mass is 9.67. The molecule has 0 radical (unpaired) electrons.